The van der Waals surface area contributed by atoms with Gasteiger partial charge in [-0.2, -0.15) is 10.5 Å². The van der Waals surface area contributed by atoms with Crippen LogP contribution in [-0.2, 0) is 0 Å². The van der Waals surface area contributed by atoms with Crippen LogP contribution in [0.5, 0.6) is 5.75 Å². The maximum atomic E-state index is 9.27. The number of aromatic amines is 1. The molecule has 1 N–H and O–H groups in total. The minimum Gasteiger partial charge on any atom is -0.457 e. The van der Waals surface area contributed by atoms with E-state index in [0.717, 1.165) is 22.0 Å². The topological polar surface area (TPSA) is 72.6 Å². The molecule has 26 heavy (non-hydrogen) atoms. The van der Waals surface area contributed by atoms with Crippen LogP contribution in [-0.4, -0.2) is 4.98 Å². The lowest BCUT2D eigenvalue weighted by Crippen LogP contribution is -2.03. The van der Waals surface area contributed by atoms with Gasteiger partial charge >= 0.3 is 0 Å². The Morgan fingerprint density at radius 2 is 1.73 bits per heavy atom. The highest BCUT2D eigenvalue weighted by molar-refractivity contribution is 5.90. The number of rotatable bonds is 2. The first-order valence-corrected chi connectivity index (χ1v) is 8.08. The van der Waals surface area contributed by atoms with Gasteiger partial charge in [0.05, 0.1) is 0 Å². The lowest BCUT2D eigenvalue weighted by Gasteiger charge is -2.18. The first kappa shape index (κ1) is 15.5. The first-order valence-electron chi connectivity index (χ1n) is 8.08. The quantitative estimate of drug-likeness (QED) is 0.673. The molecule has 1 aliphatic heterocycles. The number of allylic oxidation sites excluding steroid dienone is 4. The number of hydrogen-bond acceptors (Lipinski definition) is 3. The van der Waals surface area contributed by atoms with Crippen molar-refractivity contribution < 1.29 is 4.74 Å². The Morgan fingerprint density at radius 3 is 2.58 bits per heavy atom. The number of benzene rings is 2. The highest BCUT2D eigenvalue weighted by Crippen LogP contribution is 2.35. The second kappa shape index (κ2) is 6.47. The third kappa shape index (κ3) is 2.66. The Balaban J connectivity index is 1.77. The van der Waals surface area contributed by atoms with Crippen LogP contribution < -0.4 is 4.74 Å². The molecule has 2 aromatic carbocycles. The molecule has 0 aliphatic carbocycles. The fourth-order valence-corrected chi connectivity index (χ4v) is 2.99. The molecule has 1 aromatic heterocycles. The molecule has 0 spiro atoms. The van der Waals surface area contributed by atoms with Crippen LogP contribution >= 0.6 is 0 Å². The second-order valence-electron chi connectivity index (χ2n) is 5.78. The van der Waals surface area contributed by atoms with Gasteiger partial charge in [0.15, 0.2) is 0 Å². The lowest BCUT2D eigenvalue weighted by atomic mass is 9.97. The normalized spacial score (nSPS) is 12.8. The number of fused-ring (bicyclic) bond motifs is 2. The van der Waals surface area contributed by atoms with Crippen molar-refractivity contribution in [3.05, 3.63) is 89.3 Å². The molecular formula is C22H13N3O. The van der Waals surface area contributed by atoms with Gasteiger partial charge in [0.25, 0.3) is 0 Å². The van der Waals surface area contributed by atoms with E-state index in [-0.39, 0.29) is 5.57 Å². The van der Waals surface area contributed by atoms with Crippen molar-refractivity contribution in [3.63, 3.8) is 0 Å². The van der Waals surface area contributed by atoms with E-state index < -0.39 is 0 Å². The number of aromatic nitrogens is 1. The molecule has 0 bridgehead atoms. The Labute approximate surface area is 150 Å². The van der Waals surface area contributed by atoms with Crippen LogP contribution in [0.2, 0.25) is 0 Å². The maximum Gasteiger partial charge on any atom is 0.137 e. The highest BCUT2D eigenvalue weighted by atomic mass is 16.5. The summed E-state index contributed by atoms with van der Waals surface area (Å²) in [5, 5.41) is 19.6. The van der Waals surface area contributed by atoms with E-state index in [1.54, 1.807) is 6.08 Å². The molecule has 0 unspecified atom stereocenters. The largest absolute Gasteiger partial charge is 0.457 e. The number of nitrogens with one attached hydrogen (secondary N) is 1. The van der Waals surface area contributed by atoms with Crippen molar-refractivity contribution in [2.24, 2.45) is 0 Å². The number of nitrogens with zero attached hydrogens (tertiary/aromatic N) is 2. The average Bonchev–Trinajstić information content (AvgIpc) is 3.10. The maximum absolute atomic E-state index is 9.27. The average molecular weight is 335 g/mol. The molecule has 0 radical (unpaired) electrons. The Hall–Kier alpha value is -4.02. The van der Waals surface area contributed by atoms with Crippen LogP contribution in [0.3, 0.4) is 0 Å². The van der Waals surface area contributed by atoms with Gasteiger partial charge in [-0.3, -0.25) is 0 Å². The summed E-state index contributed by atoms with van der Waals surface area (Å²) >= 11 is 0. The van der Waals surface area contributed by atoms with Gasteiger partial charge in [0.1, 0.15) is 29.2 Å². The third-order valence-corrected chi connectivity index (χ3v) is 4.23. The zero-order chi connectivity index (χ0) is 17.9. The van der Waals surface area contributed by atoms with Crippen molar-refractivity contribution in [2.45, 2.75) is 0 Å². The minimum absolute atomic E-state index is 0.0683. The van der Waals surface area contributed by atoms with Crippen molar-refractivity contribution in [1.29, 1.82) is 10.5 Å². The van der Waals surface area contributed by atoms with Gasteiger partial charge in [0, 0.05) is 28.2 Å². The van der Waals surface area contributed by atoms with Gasteiger partial charge < -0.3 is 9.72 Å². The molecule has 122 valence electrons. The van der Waals surface area contributed by atoms with E-state index in [2.05, 4.69) is 4.98 Å². The molecule has 3 aromatic rings. The lowest BCUT2D eigenvalue weighted by molar-refractivity contribution is 0.439. The second-order valence-corrected chi connectivity index (χ2v) is 5.78. The van der Waals surface area contributed by atoms with Crippen LogP contribution in [0, 0.1) is 22.7 Å². The monoisotopic (exact) mass is 335 g/mol. The molecule has 4 rings (SSSR count). The van der Waals surface area contributed by atoms with Crippen molar-refractivity contribution in [2.75, 3.05) is 0 Å². The summed E-state index contributed by atoms with van der Waals surface area (Å²) in [4.78, 5) is 3.23. The number of para-hydroxylation sites is 2. The van der Waals surface area contributed by atoms with Crippen LogP contribution in [0.1, 0.15) is 11.1 Å². The predicted molar refractivity (Wildman–Crippen MR) is 101 cm³/mol. The molecule has 0 saturated heterocycles. The number of nitriles is 2. The number of ether oxygens (including phenoxy) is 1. The molecule has 2 heterocycles. The predicted octanol–water partition coefficient (Wildman–Crippen LogP) is 4.96. The minimum atomic E-state index is 0.0683. The fourth-order valence-electron chi connectivity index (χ4n) is 2.99. The summed E-state index contributed by atoms with van der Waals surface area (Å²) < 4.78 is 5.92. The standard InChI is InChI=1S/C22H13N3O/c23-12-16(13-24)20-11-17(26-22-8-4-2-6-19(20)22)10-9-15-14-25-21-7-3-1-5-18(15)21/h1-11,14,25H/b10-9+. The summed E-state index contributed by atoms with van der Waals surface area (Å²) in [7, 11) is 0. The molecule has 1 aliphatic rings. The van der Waals surface area contributed by atoms with E-state index in [0.29, 0.717) is 17.1 Å². The van der Waals surface area contributed by atoms with Gasteiger partial charge in [-0.1, -0.05) is 36.4 Å². The zero-order valence-corrected chi connectivity index (χ0v) is 13.7. The molecule has 0 saturated carbocycles. The van der Waals surface area contributed by atoms with Crippen molar-refractivity contribution in [1.82, 2.24) is 4.98 Å². The van der Waals surface area contributed by atoms with Gasteiger partial charge in [0.2, 0.25) is 0 Å². The van der Waals surface area contributed by atoms with Crippen LogP contribution in [0.4, 0.5) is 0 Å². The number of H-pyrrole nitrogens is 1. The van der Waals surface area contributed by atoms with Gasteiger partial charge in [-0.15, -0.1) is 0 Å². The summed E-state index contributed by atoms with van der Waals surface area (Å²) in [5.74, 6) is 1.21. The van der Waals surface area contributed by atoms with E-state index in [9.17, 15) is 10.5 Å². The van der Waals surface area contributed by atoms with Crippen LogP contribution in [0.15, 0.2) is 78.2 Å². The highest BCUT2D eigenvalue weighted by Gasteiger charge is 2.18. The van der Waals surface area contributed by atoms with E-state index >= 15 is 0 Å². The SMILES string of the molecule is N#CC(C#N)=C1C=C(/C=C/c2c[nH]c3ccccc23)Oc2ccccc21. The molecular weight excluding hydrogens is 322 g/mol. The van der Waals surface area contributed by atoms with Crippen LogP contribution in [0.25, 0.3) is 22.6 Å². The molecule has 4 nitrogen and oxygen atoms in total. The van der Waals surface area contributed by atoms with Gasteiger partial charge in [-0.05, 0) is 35.9 Å². The zero-order valence-electron chi connectivity index (χ0n) is 13.7. The van der Waals surface area contributed by atoms with Gasteiger partial charge in [-0.25, -0.2) is 0 Å². The summed E-state index contributed by atoms with van der Waals surface area (Å²) in [6.07, 6.45) is 7.47. The van der Waals surface area contributed by atoms with Crippen molar-refractivity contribution >= 4 is 22.6 Å². The van der Waals surface area contributed by atoms with Crippen molar-refractivity contribution in [3.8, 4) is 17.9 Å². The Kier molecular flexibility index (Phi) is 3.86. The molecule has 0 amide bonds. The number of hydrogen-bond donors (Lipinski definition) is 1. The smallest absolute Gasteiger partial charge is 0.137 e. The summed E-state index contributed by atoms with van der Waals surface area (Å²) in [6, 6.07) is 19.4. The third-order valence-electron chi connectivity index (χ3n) is 4.23. The Morgan fingerprint density at radius 1 is 0.962 bits per heavy atom. The summed E-state index contributed by atoms with van der Waals surface area (Å²) in [6.45, 7) is 0. The van der Waals surface area contributed by atoms with E-state index in [4.69, 9.17) is 4.74 Å². The molecule has 4 heteroatoms. The molecule has 0 fully saturated rings. The van der Waals surface area contributed by atoms with E-state index in [1.807, 2.05) is 79.0 Å². The molecule has 0 atom stereocenters. The summed E-state index contributed by atoms with van der Waals surface area (Å²) in [5.41, 5.74) is 3.49. The van der Waals surface area contributed by atoms with E-state index in [1.165, 1.54) is 0 Å². The fraction of sp³-hybridized carbons (Fsp3) is 0. The first-order chi connectivity index (χ1) is 12.8. The Bertz CT molecular complexity index is 1160.